The number of piperazine rings is 1. The Hall–Kier alpha value is -2.28. The highest BCUT2D eigenvalue weighted by Crippen LogP contribution is 2.34. The van der Waals surface area contributed by atoms with E-state index in [2.05, 4.69) is 4.90 Å². The van der Waals surface area contributed by atoms with Crippen molar-refractivity contribution in [1.29, 1.82) is 0 Å². The summed E-state index contributed by atoms with van der Waals surface area (Å²) < 4.78 is 51.4. The van der Waals surface area contributed by atoms with Crippen molar-refractivity contribution >= 4 is 11.4 Å². The predicted octanol–water partition coefficient (Wildman–Crippen LogP) is 3.75. The van der Waals surface area contributed by atoms with Gasteiger partial charge in [0.25, 0.3) is 0 Å². The van der Waals surface area contributed by atoms with Gasteiger partial charge in [-0.1, -0.05) is 12.1 Å². The van der Waals surface area contributed by atoms with Gasteiger partial charge in [-0.05, 0) is 35.9 Å². The maximum Gasteiger partial charge on any atom is 0.416 e. The van der Waals surface area contributed by atoms with E-state index in [0.29, 0.717) is 25.3 Å². The van der Waals surface area contributed by atoms with Crippen LogP contribution in [0.15, 0.2) is 42.5 Å². The van der Waals surface area contributed by atoms with E-state index in [1.165, 1.54) is 18.2 Å². The van der Waals surface area contributed by atoms with Crippen molar-refractivity contribution < 1.29 is 17.6 Å². The molecule has 0 bridgehead atoms. The number of benzene rings is 2. The Kier molecular flexibility index (Phi) is 4.85. The zero-order valence-electron chi connectivity index (χ0n) is 13.6. The third-order valence-corrected chi connectivity index (χ3v) is 4.36. The van der Waals surface area contributed by atoms with Crippen LogP contribution in [0.5, 0.6) is 0 Å². The number of nitrogens with zero attached hydrogens (tertiary/aromatic N) is 2. The molecule has 25 heavy (non-hydrogen) atoms. The number of nitrogens with two attached hydrogens (primary N) is 1. The van der Waals surface area contributed by atoms with E-state index >= 15 is 0 Å². The van der Waals surface area contributed by atoms with Gasteiger partial charge < -0.3 is 10.6 Å². The van der Waals surface area contributed by atoms with Crippen molar-refractivity contribution in [3.8, 4) is 0 Å². The van der Waals surface area contributed by atoms with Crippen molar-refractivity contribution in [3.63, 3.8) is 0 Å². The first-order chi connectivity index (χ1) is 11.8. The molecule has 2 aromatic carbocycles. The summed E-state index contributed by atoms with van der Waals surface area (Å²) in [5.74, 6) is -0.256. The van der Waals surface area contributed by atoms with Gasteiger partial charge in [-0.3, -0.25) is 4.90 Å². The van der Waals surface area contributed by atoms with Crippen LogP contribution < -0.4 is 10.6 Å². The topological polar surface area (TPSA) is 32.5 Å². The van der Waals surface area contributed by atoms with E-state index < -0.39 is 11.7 Å². The number of hydrogen-bond acceptors (Lipinski definition) is 3. The molecule has 1 saturated heterocycles. The van der Waals surface area contributed by atoms with Crippen LogP contribution in [-0.4, -0.2) is 31.1 Å². The van der Waals surface area contributed by atoms with Gasteiger partial charge in [0.2, 0.25) is 0 Å². The number of rotatable bonds is 3. The smallest absolute Gasteiger partial charge is 0.397 e. The molecule has 2 N–H and O–H groups in total. The average Bonchev–Trinajstić information content (AvgIpc) is 2.55. The summed E-state index contributed by atoms with van der Waals surface area (Å²) in [7, 11) is 0. The molecule has 0 aromatic heterocycles. The second-order valence-corrected chi connectivity index (χ2v) is 6.16. The SMILES string of the molecule is Nc1cc(C(F)(F)F)ccc1N1CCN(Cc2cccc(F)c2)CC1. The fourth-order valence-electron chi connectivity index (χ4n) is 3.06. The van der Waals surface area contributed by atoms with Crippen LogP contribution >= 0.6 is 0 Å². The molecule has 1 heterocycles. The summed E-state index contributed by atoms with van der Waals surface area (Å²) >= 11 is 0. The molecule has 0 radical (unpaired) electrons. The lowest BCUT2D eigenvalue weighted by atomic mass is 10.1. The molecule has 134 valence electrons. The molecule has 7 heteroatoms. The molecule has 0 amide bonds. The van der Waals surface area contributed by atoms with Crippen LogP contribution in [0, 0.1) is 5.82 Å². The summed E-state index contributed by atoms with van der Waals surface area (Å²) in [4.78, 5) is 4.17. The number of anilines is 2. The van der Waals surface area contributed by atoms with Crippen molar-refractivity contribution in [2.24, 2.45) is 0 Å². The lowest BCUT2D eigenvalue weighted by Crippen LogP contribution is -2.46. The van der Waals surface area contributed by atoms with Crippen LogP contribution in [-0.2, 0) is 12.7 Å². The van der Waals surface area contributed by atoms with E-state index in [-0.39, 0.29) is 11.5 Å². The second kappa shape index (κ2) is 6.92. The quantitative estimate of drug-likeness (QED) is 0.674. The third kappa shape index (κ3) is 4.22. The van der Waals surface area contributed by atoms with E-state index in [0.717, 1.165) is 30.8 Å². The highest BCUT2D eigenvalue weighted by molar-refractivity contribution is 5.69. The number of halogens is 4. The maximum atomic E-state index is 13.2. The van der Waals surface area contributed by atoms with E-state index in [1.54, 1.807) is 6.07 Å². The maximum absolute atomic E-state index is 13.2. The Labute approximate surface area is 143 Å². The molecule has 2 aromatic rings. The van der Waals surface area contributed by atoms with Gasteiger partial charge in [0.1, 0.15) is 5.82 Å². The summed E-state index contributed by atoms with van der Waals surface area (Å²) in [5.41, 5.74) is 6.75. The minimum Gasteiger partial charge on any atom is -0.397 e. The molecule has 0 atom stereocenters. The first-order valence-corrected chi connectivity index (χ1v) is 8.01. The molecule has 0 unspecified atom stereocenters. The highest BCUT2D eigenvalue weighted by atomic mass is 19.4. The summed E-state index contributed by atoms with van der Waals surface area (Å²) in [6.45, 7) is 3.43. The second-order valence-electron chi connectivity index (χ2n) is 6.16. The molecule has 3 nitrogen and oxygen atoms in total. The lowest BCUT2D eigenvalue weighted by molar-refractivity contribution is -0.137. The fourth-order valence-corrected chi connectivity index (χ4v) is 3.06. The zero-order valence-corrected chi connectivity index (χ0v) is 13.6. The van der Waals surface area contributed by atoms with Gasteiger partial charge in [-0.15, -0.1) is 0 Å². The first kappa shape index (κ1) is 17.5. The Balaban J connectivity index is 1.62. The monoisotopic (exact) mass is 353 g/mol. The number of nitrogen functional groups attached to an aromatic ring is 1. The van der Waals surface area contributed by atoms with E-state index in [1.807, 2.05) is 11.0 Å². The molecule has 1 aliphatic heterocycles. The zero-order chi connectivity index (χ0) is 18.0. The number of hydrogen-bond donors (Lipinski definition) is 1. The van der Waals surface area contributed by atoms with Gasteiger partial charge in [0, 0.05) is 32.7 Å². The normalized spacial score (nSPS) is 16.2. The Morgan fingerprint density at radius 2 is 1.68 bits per heavy atom. The average molecular weight is 353 g/mol. The van der Waals surface area contributed by atoms with Crippen LogP contribution in [0.2, 0.25) is 0 Å². The lowest BCUT2D eigenvalue weighted by Gasteiger charge is -2.36. The van der Waals surface area contributed by atoms with Crippen LogP contribution in [0.4, 0.5) is 28.9 Å². The molecule has 1 aliphatic rings. The predicted molar refractivity (Wildman–Crippen MR) is 89.7 cm³/mol. The van der Waals surface area contributed by atoms with Gasteiger partial charge in [0.05, 0.1) is 16.9 Å². The van der Waals surface area contributed by atoms with E-state index in [4.69, 9.17) is 5.73 Å². The minimum absolute atomic E-state index is 0.133. The Bertz CT molecular complexity index is 737. The molecule has 0 aliphatic carbocycles. The van der Waals surface area contributed by atoms with Gasteiger partial charge in [0.15, 0.2) is 0 Å². The Morgan fingerprint density at radius 3 is 2.28 bits per heavy atom. The van der Waals surface area contributed by atoms with E-state index in [9.17, 15) is 17.6 Å². The molecular weight excluding hydrogens is 334 g/mol. The Morgan fingerprint density at radius 1 is 0.960 bits per heavy atom. The van der Waals surface area contributed by atoms with Crippen LogP contribution in [0.1, 0.15) is 11.1 Å². The van der Waals surface area contributed by atoms with Gasteiger partial charge in [-0.2, -0.15) is 13.2 Å². The number of alkyl halides is 3. The largest absolute Gasteiger partial charge is 0.416 e. The van der Waals surface area contributed by atoms with Crippen LogP contribution in [0.25, 0.3) is 0 Å². The molecule has 1 fully saturated rings. The summed E-state index contributed by atoms with van der Waals surface area (Å²) in [5, 5.41) is 0. The fraction of sp³-hybridized carbons (Fsp3) is 0.333. The van der Waals surface area contributed by atoms with Crippen molar-refractivity contribution in [2.75, 3.05) is 36.8 Å². The van der Waals surface area contributed by atoms with Crippen molar-refractivity contribution in [3.05, 3.63) is 59.4 Å². The standard InChI is InChI=1S/C18H19F4N3/c19-15-3-1-2-13(10-15)12-24-6-8-25(9-7-24)17-5-4-14(11-16(17)23)18(20,21)22/h1-5,10-11H,6-9,12,23H2. The van der Waals surface area contributed by atoms with Gasteiger partial charge >= 0.3 is 6.18 Å². The van der Waals surface area contributed by atoms with Crippen molar-refractivity contribution in [1.82, 2.24) is 4.90 Å². The molecule has 0 spiro atoms. The first-order valence-electron chi connectivity index (χ1n) is 8.01. The molecule has 0 saturated carbocycles. The summed E-state index contributed by atoms with van der Waals surface area (Å²) in [6, 6.07) is 9.96. The van der Waals surface area contributed by atoms with Crippen LogP contribution in [0.3, 0.4) is 0 Å². The molecule has 3 rings (SSSR count). The highest BCUT2D eigenvalue weighted by Gasteiger charge is 2.31. The van der Waals surface area contributed by atoms with Gasteiger partial charge in [-0.25, -0.2) is 4.39 Å². The summed E-state index contributed by atoms with van der Waals surface area (Å²) in [6.07, 6.45) is -4.39. The minimum atomic E-state index is -4.39. The molecular formula is C18H19F4N3. The third-order valence-electron chi connectivity index (χ3n) is 4.36. The van der Waals surface area contributed by atoms with Crippen molar-refractivity contribution in [2.45, 2.75) is 12.7 Å².